The Balaban J connectivity index is 1.48. The standard InChI is InChI=1S/C18H14N4OS/c23-16(10-13-11-19-15-9-5-4-8-14(13)15)20-18-21-17(22-24-18)12-6-2-1-3-7-12/h1-9,11,19H,10H2,(H,20,21,22,23). The molecule has 0 fully saturated rings. The molecule has 0 atom stereocenters. The number of hydrogen-bond acceptors (Lipinski definition) is 4. The highest BCUT2D eigenvalue weighted by atomic mass is 32.1. The monoisotopic (exact) mass is 334 g/mol. The van der Waals surface area contributed by atoms with Crippen molar-refractivity contribution < 1.29 is 4.79 Å². The van der Waals surface area contributed by atoms with Gasteiger partial charge in [-0.05, 0) is 11.6 Å². The lowest BCUT2D eigenvalue weighted by atomic mass is 10.1. The van der Waals surface area contributed by atoms with Gasteiger partial charge in [0.25, 0.3) is 0 Å². The van der Waals surface area contributed by atoms with E-state index in [1.807, 2.05) is 60.8 Å². The molecular formula is C18H14N4OS. The number of nitrogens with one attached hydrogen (secondary N) is 2. The molecule has 5 nitrogen and oxygen atoms in total. The molecule has 4 rings (SSSR count). The van der Waals surface area contributed by atoms with Gasteiger partial charge in [-0.3, -0.25) is 4.79 Å². The Morgan fingerprint density at radius 3 is 2.75 bits per heavy atom. The molecule has 1 amide bonds. The summed E-state index contributed by atoms with van der Waals surface area (Å²) in [7, 11) is 0. The summed E-state index contributed by atoms with van der Waals surface area (Å²) in [5, 5.41) is 4.40. The molecule has 0 radical (unpaired) electrons. The van der Waals surface area contributed by atoms with Crippen molar-refractivity contribution in [2.75, 3.05) is 5.32 Å². The smallest absolute Gasteiger partial charge is 0.230 e. The van der Waals surface area contributed by atoms with E-state index in [2.05, 4.69) is 19.7 Å². The third-order valence-electron chi connectivity index (χ3n) is 3.73. The predicted octanol–water partition coefficient (Wildman–Crippen LogP) is 3.87. The highest BCUT2D eigenvalue weighted by molar-refractivity contribution is 7.10. The largest absolute Gasteiger partial charge is 0.361 e. The molecule has 2 N–H and O–H groups in total. The molecule has 118 valence electrons. The van der Waals surface area contributed by atoms with Gasteiger partial charge in [0.05, 0.1) is 6.42 Å². The first-order valence-electron chi connectivity index (χ1n) is 7.53. The number of para-hydroxylation sites is 1. The van der Waals surface area contributed by atoms with E-state index >= 15 is 0 Å². The van der Waals surface area contributed by atoms with Gasteiger partial charge in [-0.15, -0.1) is 0 Å². The van der Waals surface area contributed by atoms with Crippen LogP contribution >= 0.6 is 11.5 Å². The number of fused-ring (bicyclic) bond motifs is 1. The van der Waals surface area contributed by atoms with Gasteiger partial charge in [-0.25, -0.2) is 0 Å². The van der Waals surface area contributed by atoms with E-state index in [4.69, 9.17) is 0 Å². The number of aromatic amines is 1. The number of H-pyrrole nitrogens is 1. The van der Waals surface area contributed by atoms with E-state index in [1.165, 1.54) is 11.5 Å². The number of carbonyl (C=O) groups is 1. The lowest BCUT2D eigenvalue weighted by Crippen LogP contribution is -2.13. The first kappa shape index (κ1) is 14.6. The van der Waals surface area contributed by atoms with E-state index in [9.17, 15) is 4.79 Å². The summed E-state index contributed by atoms with van der Waals surface area (Å²) in [5.41, 5.74) is 2.93. The van der Waals surface area contributed by atoms with Crippen LogP contribution in [0.2, 0.25) is 0 Å². The summed E-state index contributed by atoms with van der Waals surface area (Å²) in [5.74, 6) is 0.526. The van der Waals surface area contributed by atoms with Gasteiger partial charge in [0.15, 0.2) is 5.82 Å². The molecule has 6 heteroatoms. The normalized spacial score (nSPS) is 10.8. The van der Waals surface area contributed by atoms with Crippen molar-refractivity contribution in [1.29, 1.82) is 0 Å². The van der Waals surface area contributed by atoms with Crippen LogP contribution in [0.25, 0.3) is 22.3 Å². The predicted molar refractivity (Wildman–Crippen MR) is 96.0 cm³/mol. The summed E-state index contributed by atoms with van der Waals surface area (Å²) in [6.45, 7) is 0. The molecule has 0 unspecified atom stereocenters. The van der Waals surface area contributed by atoms with Crippen molar-refractivity contribution in [1.82, 2.24) is 14.3 Å². The number of aromatic nitrogens is 3. The van der Waals surface area contributed by atoms with Gasteiger partial charge in [0, 0.05) is 34.2 Å². The molecule has 4 aromatic rings. The van der Waals surface area contributed by atoms with Crippen molar-refractivity contribution in [2.24, 2.45) is 0 Å². The van der Waals surface area contributed by atoms with Crippen LogP contribution < -0.4 is 5.32 Å². The number of benzene rings is 2. The van der Waals surface area contributed by atoms with E-state index in [1.54, 1.807) is 0 Å². The van der Waals surface area contributed by atoms with Gasteiger partial charge in [0.2, 0.25) is 11.0 Å². The lowest BCUT2D eigenvalue weighted by molar-refractivity contribution is -0.115. The van der Waals surface area contributed by atoms with Gasteiger partial charge in [-0.2, -0.15) is 9.36 Å². The van der Waals surface area contributed by atoms with Crippen molar-refractivity contribution in [3.63, 3.8) is 0 Å². The second-order valence-corrected chi connectivity index (χ2v) is 6.13. The number of hydrogen-bond donors (Lipinski definition) is 2. The summed E-state index contributed by atoms with van der Waals surface area (Å²) >= 11 is 1.19. The summed E-state index contributed by atoms with van der Waals surface area (Å²) < 4.78 is 4.30. The molecule has 2 aromatic heterocycles. The Morgan fingerprint density at radius 2 is 1.88 bits per heavy atom. The fraction of sp³-hybridized carbons (Fsp3) is 0.0556. The maximum Gasteiger partial charge on any atom is 0.230 e. The number of rotatable bonds is 4. The average molecular weight is 334 g/mol. The molecule has 2 aromatic carbocycles. The Labute approximate surface area is 142 Å². The zero-order chi connectivity index (χ0) is 16.4. The zero-order valence-corrected chi connectivity index (χ0v) is 13.5. The molecule has 0 aliphatic carbocycles. The number of amides is 1. The molecule has 0 aliphatic rings. The minimum Gasteiger partial charge on any atom is -0.361 e. The second-order valence-electron chi connectivity index (χ2n) is 5.37. The van der Waals surface area contributed by atoms with E-state index in [0.29, 0.717) is 17.4 Å². The van der Waals surface area contributed by atoms with Gasteiger partial charge >= 0.3 is 0 Å². The molecule has 0 spiro atoms. The SMILES string of the molecule is O=C(Cc1c[nH]c2ccccc12)Nc1nc(-c2ccccc2)ns1. The van der Waals surface area contributed by atoms with Crippen LogP contribution in [0.3, 0.4) is 0 Å². The fourth-order valence-corrected chi connectivity index (χ4v) is 3.20. The van der Waals surface area contributed by atoms with Crippen LogP contribution in [0.5, 0.6) is 0 Å². The topological polar surface area (TPSA) is 70.7 Å². The third kappa shape index (κ3) is 2.91. The van der Waals surface area contributed by atoms with Crippen molar-refractivity contribution >= 4 is 33.5 Å². The molecular weight excluding hydrogens is 320 g/mol. The summed E-state index contributed by atoms with van der Waals surface area (Å²) in [6.07, 6.45) is 2.17. The van der Waals surface area contributed by atoms with E-state index in [0.717, 1.165) is 22.0 Å². The summed E-state index contributed by atoms with van der Waals surface area (Å²) in [4.78, 5) is 19.8. The fourth-order valence-electron chi connectivity index (χ4n) is 2.59. The van der Waals surface area contributed by atoms with Crippen LogP contribution in [0, 0.1) is 0 Å². The Kier molecular flexibility index (Phi) is 3.80. The van der Waals surface area contributed by atoms with Crippen LogP contribution in [0.1, 0.15) is 5.56 Å². The van der Waals surface area contributed by atoms with Crippen molar-refractivity contribution in [3.05, 3.63) is 66.4 Å². The molecule has 24 heavy (non-hydrogen) atoms. The second kappa shape index (κ2) is 6.25. The first-order chi connectivity index (χ1) is 11.8. The van der Waals surface area contributed by atoms with Gasteiger partial charge in [0.1, 0.15) is 0 Å². The first-order valence-corrected chi connectivity index (χ1v) is 8.31. The molecule has 0 aliphatic heterocycles. The lowest BCUT2D eigenvalue weighted by Gasteiger charge is -2.00. The highest BCUT2D eigenvalue weighted by Crippen LogP contribution is 2.22. The molecule has 0 bridgehead atoms. The van der Waals surface area contributed by atoms with Crippen LogP contribution in [0.4, 0.5) is 5.13 Å². The Morgan fingerprint density at radius 1 is 1.08 bits per heavy atom. The molecule has 0 saturated heterocycles. The summed E-state index contributed by atoms with van der Waals surface area (Å²) in [6, 6.07) is 17.6. The number of nitrogens with zero attached hydrogens (tertiary/aromatic N) is 2. The average Bonchev–Trinajstić information content (AvgIpc) is 3.23. The Hall–Kier alpha value is -2.99. The minimum atomic E-state index is -0.101. The highest BCUT2D eigenvalue weighted by Gasteiger charge is 2.12. The van der Waals surface area contributed by atoms with Crippen LogP contribution in [-0.4, -0.2) is 20.2 Å². The zero-order valence-electron chi connectivity index (χ0n) is 12.7. The minimum absolute atomic E-state index is 0.101. The van der Waals surface area contributed by atoms with Crippen LogP contribution in [-0.2, 0) is 11.2 Å². The molecule has 2 heterocycles. The van der Waals surface area contributed by atoms with E-state index < -0.39 is 0 Å². The van der Waals surface area contributed by atoms with Gasteiger partial charge < -0.3 is 10.3 Å². The maximum absolute atomic E-state index is 12.3. The molecule has 0 saturated carbocycles. The van der Waals surface area contributed by atoms with Crippen molar-refractivity contribution in [3.8, 4) is 11.4 Å². The van der Waals surface area contributed by atoms with Crippen LogP contribution in [0.15, 0.2) is 60.8 Å². The van der Waals surface area contributed by atoms with Gasteiger partial charge in [-0.1, -0.05) is 48.5 Å². The van der Waals surface area contributed by atoms with E-state index in [-0.39, 0.29) is 5.91 Å². The number of anilines is 1. The van der Waals surface area contributed by atoms with Crippen molar-refractivity contribution in [2.45, 2.75) is 6.42 Å². The Bertz CT molecular complexity index is 990. The number of carbonyl (C=O) groups excluding carboxylic acids is 1. The quantitative estimate of drug-likeness (QED) is 0.595. The third-order valence-corrected chi connectivity index (χ3v) is 4.36. The maximum atomic E-state index is 12.3.